The Labute approximate surface area is 76.8 Å². The monoisotopic (exact) mass is 200 g/mol. The second kappa shape index (κ2) is 3.51. The lowest BCUT2D eigenvalue weighted by atomic mass is 10.0. The van der Waals surface area contributed by atoms with Crippen LogP contribution in [0.4, 0.5) is 0 Å². The van der Waals surface area contributed by atoms with Gasteiger partial charge in [-0.05, 0) is 12.8 Å². The van der Waals surface area contributed by atoms with E-state index in [1.165, 1.54) is 12.8 Å². The molecule has 0 aromatic heterocycles. The highest BCUT2D eigenvalue weighted by molar-refractivity contribution is 6.35. The van der Waals surface area contributed by atoms with E-state index in [0.717, 1.165) is 12.8 Å². The molecule has 0 amide bonds. The van der Waals surface area contributed by atoms with E-state index < -0.39 is 0 Å². The van der Waals surface area contributed by atoms with Gasteiger partial charge in [-0.3, -0.25) is 0 Å². The van der Waals surface area contributed by atoms with Crippen molar-refractivity contribution in [3.63, 3.8) is 0 Å². The zero-order valence-electron chi connectivity index (χ0n) is 5.75. The first-order valence-corrected chi connectivity index (χ1v) is 4.93. The van der Waals surface area contributed by atoms with Crippen LogP contribution < -0.4 is 0 Å². The molecule has 0 saturated heterocycles. The van der Waals surface area contributed by atoms with Crippen molar-refractivity contribution in [3.05, 3.63) is 0 Å². The van der Waals surface area contributed by atoms with Gasteiger partial charge in [-0.15, -0.1) is 34.8 Å². The summed E-state index contributed by atoms with van der Waals surface area (Å²) in [4.78, 5) is -0.191. The maximum Gasteiger partial charge on any atom is 0.0663 e. The van der Waals surface area contributed by atoms with Crippen molar-refractivity contribution in [2.45, 2.75) is 35.9 Å². The number of rotatable bonds is 2. The fourth-order valence-electron chi connectivity index (χ4n) is 1.41. The summed E-state index contributed by atoms with van der Waals surface area (Å²) < 4.78 is 0. The minimum Gasteiger partial charge on any atom is -0.125 e. The molecule has 1 saturated carbocycles. The first-order valence-electron chi connectivity index (χ1n) is 3.58. The van der Waals surface area contributed by atoms with Crippen molar-refractivity contribution in [1.82, 2.24) is 0 Å². The lowest BCUT2D eigenvalue weighted by molar-refractivity contribution is 0.585. The summed E-state index contributed by atoms with van der Waals surface area (Å²) in [5.41, 5.74) is 0. The molecule has 1 aliphatic carbocycles. The Balaban J connectivity index is 2.49. The third kappa shape index (κ3) is 1.72. The number of halogens is 3. The second-order valence-corrected chi connectivity index (χ2v) is 4.45. The van der Waals surface area contributed by atoms with Crippen LogP contribution in [-0.4, -0.2) is 16.1 Å². The zero-order chi connectivity index (χ0) is 7.61. The van der Waals surface area contributed by atoms with Gasteiger partial charge in [0.25, 0.3) is 0 Å². The predicted octanol–water partition coefficient (Wildman–Crippen LogP) is 3.38. The Kier molecular flexibility index (Phi) is 3.15. The van der Waals surface area contributed by atoms with Gasteiger partial charge in [0.1, 0.15) is 0 Å². The lowest BCUT2D eigenvalue weighted by Gasteiger charge is -2.24. The zero-order valence-corrected chi connectivity index (χ0v) is 8.01. The molecule has 0 nitrogen and oxygen atoms in total. The maximum absolute atomic E-state index is 6.20. The van der Waals surface area contributed by atoms with Crippen molar-refractivity contribution in [2.24, 2.45) is 0 Å². The van der Waals surface area contributed by atoms with E-state index in [1.54, 1.807) is 0 Å². The van der Waals surface area contributed by atoms with E-state index in [1.807, 2.05) is 0 Å². The SMILES string of the molecule is ClCC(Cl)C1(Cl)CCCC1. The van der Waals surface area contributed by atoms with Crippen LogP contribution in [0.1, 0.15) is 25.7 Å². The molecule has 0 N–H and O–H groups in total. The van der Waals surface area contributed by atoms with Gasteiger partial charge in [0.15, 0.2) is 0 Å². The Bertz CT molecular complexity index is 107. The molecule has 0 radical (unpaired) electrons. The Morgan fingerprint density at radius 1 is 1.30 bits per heavy atom. The first-order chi connectivity index (χ1) is 4.69. The quantitative estimate of drug-likeness (QED) is 0.601. The van der Waals surface area contributed by atoms with Gasteiger partial charge in [0.2, 0.25) is 0 Å². The highest BCUT2D eigenvalue weighted by Crippen LogP contribution is 2.41. The molecular weight excluding hydrogens is 190 g/mol. The fourth-order valence-corrected chi connectivity index (χ4v) is 2.35. The molecule has 60 valence electrons. The summed E-state index contributed by atoms with van der Waals surface area (Å²) in [5.74, 6) is 0.463. The largest absolute Gasteiger partial charge is 0.125 e. The summed E-state index contributed by atoms with van der Waals surface area (Å²) >= 11 is 17.8. The molecule has 0 heterocycles. The average Bonchev–Trinajstić information content (AvgIpc) is 2.36. The van der Waals surface area contributed by atoms with Crippen LogP contribution in [0.3, 0.4) is 0 Å². The van der Waals surface area contributed by atoms with Crippen LogP contribution in [0.15, 0.2) is 0 Å². The van der Waals surface area contributed by atoms with E-state index in [2.05, 4.69) is 0 Å². The molecule has 0 aliphatic heterocycles. The molecule has 0 aromatic carbocycles. The van der Waals surface area contributed by atoms with Gasteiger partial charge in [0.05, 0.1) is 10.3 Å². The minimum atomic E-state index is -0.191. The standard InChI is InChI=1S/C7H11Cl3/c8-5-6(9)7(10)3-1-2-4-7/h6H,1-5H2. The normalized spacial score (nSPS) is 26.7. The van der Waals surface area contributed by atoms with Crippen LogP contribution in [0.5, 0.6) is 0 Å². The van der Waals surface area contributed by atoms with Crippen LogP contribution >= 0.6 is 34.8 Å². The highest BCUT2D eigenvalue weighted by Gasteiger charge is 2.37. The molecular formula is C7H11Cl3. The van der Waals surface area contributed by atoms with Gasteiger partial charge in [-0.1, -0.05) is 12.8 Å². The van der Waals surface area contributed by atoms with E-state index in [0.29, 0.717) is 5.88 Å². The van der Waals surface area contributed by atoms with Crippen LogP contribution in [0.25, 0.3) is 0 Å². The van der Waals surface area contributed by atoms with E-state index in [9.17, 15) is 0 Å². The summed E-state index contributed by atoms with van der Waals surface area (Å²) in [7, 11) is 0. The van der Waals surface area contributed by atoms with Crippen molar-refractivity contribution in [1.29, 1.82) is 0 Å². The molecule has 3 heteroatoms. The molecule has 0 spiro atoms. The van der Waals surface area contributed by atoms with Crippen LogP contribution in [-0.2, 0) is 0 Å². The third-order valence-corrected chi connectivity index (χ3v) is 3.92. The predicted molar refractivity (Wildman–Crippen MR) is 47.4 cm³/mol. The van der Waals surface area contributed by atoms with Crippen molar-refractivity contribution < 1.29 is 0 Å². The Hall–Kier alpha value is 0.870. The summed E-state index contributed by atoms with van der Waals surface area (Å²) in [5, 5.41) is -0.0571. The maximum atomic E-state index is 6.20. The Morgan fingerprint density at radius 3 is 2.20 bits per heavy atom. The number of hydrogen-bond acceptors (Lipinski definition) is 0. The fraction of sp³-hybridized carbons (Fsp3) is 1.00. The summed E-state index contributed by atoms with van der Waals surface area (Å²) in [6.07, 6.45) is 4.44. The van der Waals surface area contributed by atoms with Gasteiger partial charge in [-0.25, -0.2) is 0 Å². The topological polar surface area (TPSA) is 0 Å². The van der Waals surface area contributed by atoms with Crippen LogP contribution in [0.2, 0.25) is 0 Å². The molecule has 0 bridgehead atoms. The average molecular weight is 202 g/mol. The van der Waals surface area contributed by atoms with Crippen LogP contribution in [0, 0.1) is 0 Å². The van der Waals surface area contributed by atoms with Gasteiger partial charge in [0, 0.05) is 5.88 Å². The number of hydrogen-bond donors (Lipinski definition) is 0. The summed E-state index contributed by atoms with van der Waals surface area (Å²) in [6, 6.07) is 0. The molecule has 1 unspecified atom stereocenters. The smallest absolute Gasteiger partial charge is 0.0663 e. The molecule has 0 aromatic rings. The molecule has 1 fully saturated rings. The van der Waals surface area contributed by atoms with Gasteiger partial charge in [-0.2, -0.15) is 0 Å². The minimum absolute atomic E-state index is 0.0571. The number of alkyl halides is 3. The second-order valence-electron chi connectivity index (χ2n) is 2.86. The molecule has 1 aliphatic rings. The highest BCUT2D eigenvalue weighted by atomic mass is 35.5. The molecule has 1 rings (SSSR count). The van der Waals surface area contributed by atoms with Gasteiger partial charge >= 0.3 is 0 Å². The molecule has 1 atom stereocenters. The summed E-state index contributed by atoms with van der Waals surface area (Å²) in [6.45, 7) is 0. The van der Waals surface area contributed by atoms with Gasteiger partial charge < -0.3 is 0 Å². The lowest BCUT2D eigenvalue weighted by Crippen LogP contribution is -2.30. The Morgan fingerprint density at radius 2 is 1.80 bits per heavy atom. The van der Waals surface area contributed by atoms with Crippen molar-refractivity contribution in [3.8, 4) is 0 Å². The van der Waals surface area contributed by atoms with Crippen molar-refractivity contribution >= 4 is 34.8 Å². The van der Waals surface area contributed by atoms with E-state index >= 15 is 0 Å². The first kappa shape index (κ1) is 8.96. The van der Waals surface area contributed by atoms with E-state index in [4.69, 9.17) is 34.8 Å². The molecule has 10 heavy (non-hydrogen) atoms. The van der Waals surface area contributed by atoms with E-state index in [-0.39, 0.29) is 10.3 Å². The van der Waals surface area contributed by atoms with Crippen molar-refractivity contribution in [2.75, 3.05) is 5.88 Å². The third-order valence-electron chi connectivity index (χ3n) is 2.13.